The molecule has 3 heteroatoms. The van der Waals surface area contributed by atoms with Crippen LogP contribution in [0.2, 0.25) is 0 Å². The van der Waals surface area contributed by atoms with Crippen LogP contribution in [0.25, 0.3) is 0 Å². The number of anilines is 1. The highest BCUT2D eigenvalue weighted by atomic mass is 14.9. The molecule has 2 rings (SSSR count). The van der Waals surface area contributed by atoms with E-state index in [2.05, 4.69) is 17.2 Å². The fourth-order valence-corrected chi connectivity index (χ4v) is 2.49. The van der Waals surface area contributed by atoms with Crippen LogP contribution in [0, 0.1) is 5.41 Å². The summed E-state index contributed by atoms with van der Waals surface area (Å²) < 4.78 is 0. The van der Waals surface area contributed by atoms with Crippen molar-refractivity contribution in [2.45, 2.75) is 39.2 Å². The van der Waals surface area contributed by atoms with Crippen LogP contribution < -0.4 is 11.1 Å². The van der Waals surface area contributed by atoms with Crippen molar-refractivity contribution >= 4 is 5.69 Å². The minimum Gasteiger partial charge on any atom is -0.397 e. The fourth-order valence-electron chi connectivity index (χ4n) is 2.49. The molecular weight excluding hydrogens is 198 g/mol. The molecule has 1 aromatic heterocycles. The second kappa shape index (κ2) is 4.83. The van der Waals surface area contributed by atoms with E-state index < -0.39 is 0 Å². The van der Waals surface area contributed by atoms with Gasteiger partial charge in [0.15, 0.2) is 0 Å². The molecule has 1 aromatic rings. The molecule has 3 nitrogen and oxygen atoms in total. The lowest BCUT2D eigenvalue weighted by Gasteiger charge is -2.23. The first-order chi connectivity index (χ1) is 7.70. The molecule has 0 radical (unpaired) electrons. The smallest absolute Gasteiger partial charge is 0.0770 e. The van der Waals surface area contributed by atoms with Crippen molar-refractivity contribution in [1.29, 1.82) is 0 Å². The number of pyridine rings is 1. The number of hydrogen-bond donors (Lipinski definition) is 2. The van der Waals surface area contributed by atoms with Crippen molar-refractivity contribution in [1.82, 2.24) is 10.3 Å². The molecule has 0 atom stereocenters. The standard InChI is InChI=1S/C13H21N3/c1-13(6-2-3-7-13)10-15-9-12-11(14)5-4-8-16-12/h4-5,8,15H,2-3,6-7,9-10,14H2,1H3. The van der Waals surface area contributed by atoms with E-state index in [9.17, 15) is 0 Å². The topological polar surface area (TPSA) is 50.9 Å². The molecule has 0 aliphatic heterocycles. The van der Waals surface area contributed by atoms with Crippen molar-refractivity contribution in [3.63, 3.8) is 0 Å². The predicted octanol–water partition coefficient (Wildman–Crippen LogP) is 2.33. The lowest BCUT2D eigenvalue weighted by molar-refractivity contribution is 0.314. The van der Waals surface area contributed by atoms with Crippen LogP contribution in [0.3, 0.4) is 0 Å². The first-order valence-corrected chi connectivity index (χ1v) is 6.10. The van der Waals surface area contributed by atoms with E-state index in [1.165, 1.54) is 25.7 Å². The zero-order chi connectivity index (χ0) is 11.4. The quantitative estimate of drug-likeness (QED) is 0.817. The van der Waals surface area contributed by atoms with Gasteiger partial charge in [0.05, 0.1) is 11.4 Å². The Morgan fingerprint density at radius 2 is 2.19 bits per heavy atom. The monoisotopic (exact) mass is 219 g/mol. The summed E-state index contributed by atoms with van der Waals surface area (Å²) in [5, 5.41) is 3.48. The van der Waals surface area contributed by atoms with Gasteiger partial charge in [0, 0.05) is 19.3 Å². The van der Waals surface area contributed by atoms with Crippen LogP contribution in [0.4, 0.5) is 5.69 Å². The van der Waals surface area contributed by atoms with E-state index in [1.807, 2.05) is 12.1 Å². The number of nitrogens with zero attached hydrogens (tertiary/aromatic N) is 1. The van der Waals surface area contributed by atoms with Gasteiger partial charge in [-0.05, 0) is 30.4 Å². The molecule has 0 aromatic carbocycles. The summed E-state index contributed by atoms with van der Waals surface area (Å²) in [5.41, 5.74) is 8.08. The lowest BCUT2D eigenvalue weighted by atomic mass is 9.89. The van der Waals surface area contributed by atoms with E-state index in [4.69, 9.17) is 5.73 Å². The van der Waals surface area contributed by atoms with Crippen LogP contribution in [0.1, 0.15) is 38.3 Å². The van der Waals surface area contributed by atoms with Gasteiger partial charge in [-0.3, -0.25) is 4.98 Å². The van der Waals surface area contributed by atoms with Gasteiger partial charge < -0.3 is 11.1 Å². The molecule has 0 amide bonds. The summed E-state index contributed by atoms with van der Waals surface area (Å²) in [5.74, 6) is 0. The molecule has 0 bridgehead atoms. The molecule has 88 valence electrons. The third-order valence-corrected chi connectivity index (χ3v) is 3.58. The maximum absolute atomic E-state index is 5.85. The van der Waals surface area contributed by atoms with Gasteiger partial charge in [0.2, 0.25) is 0 Å². The number of rotatable bonds is 4. The number of nitrogens with one attached hydrogen (secondary N) is 1. The Bertz CT molecular complexity index is 343. The Morgan fingerprint density at radius 1 is 1.44 bits per heavy atom. The van der Waals surface area contributed by atoms with Gasteiger partial charge in [-0.1, -0.05) is 19.8 Å². The molecule has 0 unspecified atom stereocenters. The van der Waals surface area contributed by atoms with E-state index >= 15 is 0 Å². The molecule has 1 fully saturated rings. The first kappa shape index (κ1) is 11.4. The molecule has 16 heavy (non-hydrogen) atoms. The Hall–Kier alpha value is -1.09. The van der Waals surface area contributed by atoms with Crippen molar-refractivity contribution in [3.05, 3.63) is 24.0 Å². The Kier molecular flexibility index (Phi) is 3.44. The second-order valence-electron chi connectivity index (χ2n) is 5.16. The largest absolute Gasteiger partial charge is 0.397 e. The summed E-state index contributed by atoms with van der Waals surface area (Å²) in [7, 11) is 0. The van der Waals surface area contributed by atoms with Gasteiger partial charge in [0.25, 0.3) is 0 Å². The maximum atomic E-state index is 5.85. The molecule has 1 heterocycles. The maximum Gasteiger partial charge on any atom is 0.0770 e. The third-order valence-electron chi connectivity index (χ3n) is 3.58. The zero-order valence-electron chi connectivity index (χ0n) is 10.00. The Labute approximate surface area is 97.5 Å². The van der Waals surface area contributed by atoms with Crippen molar-refractivity contribution < 1.29 is 0 Å². The second-order valence-corrected chi connectivity index (χ2v) is 5.16. The van der Waals surface area contributed by atoms with E-state index in [0.717, 1.165) is 24.5 Å². The van der Waals surface area contributed by atoms with E-state index in [-0.39, 0.29) is 0 Å². The summed E-state index contributed by atoms with van der Waals surface area (Å²) in [6.07, 6.45) is 7.24. The van der Waals surface area contributed by atoms with Crippen LogP contribution in [-0.2, 0) is 6.54 Å². The third kappa shape index (κ3) is 2.73. The number of aromatic nitrogens is 1. The van der Waals surface area contributed by atoms with Crippen molar-refractivity contribution in [3.8, 4) is 0 Å². The van der Waals surface area contributed by atoms with Gasteiger partial charge in [-0.15, -0.1) is 0 Å². The minimum absolute atomic E-state index is 0.490. The van der Waals surface area contributed by atoms with Crippen LogP contribution >= 0.6 is 0 Å². The summed E-state index contributed by atoms with van der Waals surface area (Å²) >= 11 is 0. The molecule has 0 spiro atoms. The van der Waals surface area contributed by atoms with Gasteiger partial charge in [-0.25, -0.2) is 0 Å². The lowest BCUT2D eigenvalue weighted by Crippen LogP contribution is -2.29. The van der Waals surface area contributed by atoms with Crippen LogP contribution in [0.5, 0.6) is 0 Å². The average molecular weight is 219 g/mol. The van der Waals surface area contributed by atoms with Gasteiger partial charge >= 0.3 is 0 Å². The summed E-state index contributed by atoms with van der Waals surface area (Å²) in [6.45, 7) is 4.22. The Balaban J connectivity index is 1.82. The predicted molar refractivity (Wildman–Crippen MR) is 66.9 cm³/mol. The molecule has 1 aliphatic carbocycles. The first-order valence-electron chi connectivity index (χ1n) is 6.10. The zero-order valence-corrected chi connectivity index (χ0v) is 10.00. The SMILES string of the molecule is CC1(CNCc2ncccc2N)CCCC1. The summed E-state index contributed by atoms with van der Waals surface area (Å²) in [6, 6.07) is 3.78. The Morgan fingerprint density at radius 3 is 2.88 bits per heavy atom. The summed E-state index contributed by atoms with van der Waals surface area (Å²) in [4.78, 5) is 4.28. The fraction of sp³-hybridized carbons (Fsp3) is 0.615. The number of hydrogen-bond acceptors (Lipinski definition) is 3. The van der Waals surface area contributed by atoms with Crippen LogP contribution in [-0.4, -0.2) is 11.5 Å². The van der Waals surface area contributed by atoms with E-state index in [0.29, 0.717) is 5.41 Å². The molecule has 0 saturated heterocycles. The van der Waals surface area contributed by atoms with Crippen LogP contribution in [0.15, 0.2) is 18.3 Å². The molecule has 1 saturated carbocycles. The average Bonchev–Trinajstić information content (AvgIpc) is 2.68. The van der Waals surface area contributed by atoms with Crippen molar-refractivity contribution in [2.24, 2.45) is 5.41 Å². The molecular formula is C13H21N3. The highest BCUT2D eigenvalue weighted by molar-refractivity contribution is 5.41. The number of nitrogens with two attached hydrogens (primary N) is 1. The van der Waals surface area contributed by atoms with E-state index in [1.54, 1.807) is 6.20 Å². The molecule has 3 N–H and O–H groups in total. The minimum atomic E-state index is 0.490. The van der Waals surface area contributed by atoms with Gasteiger partial charge in [-0.2, -0.15) is 0 Å². The highest BCUT2D eigenvalue weighted by Gasteiger charge is 2.27. The normalized spacial score (nSPS) is 18.8. The van der Waals surface area contributed by atoms with Crippen molar-refractivity contribution in [2.75, 3.05) is 12.3 Å². The highest BCUT2D eigenvalue weighted by Crippen LogP contribution is 2.36. The number of nitrogen functional groups attached to an aromatic ring is 1. The molecule has 1 aliphatic rings. The van der Waals surface area contributed by atoms with Gasteiger partial charge in [0.1, 0.15) is 0 Å².